The Morgan fingerprint density at radius 1 is 1.21 bits per heavy atom. The third-order valence-corrected chi connectivity index (χ3v) is 5.61. The molecule has 1 fully saturated rings. The summed E-state index contributed by atoms with van der Waals surface area (Å²) in [6.45, 7) is 5.16. The Morgan fingerprint density at radius 3 is 2.71 bits per heavy atom. The van der Waals surface area contributed by atoms with Gasteiger partial charge in [0.15, 0.2) is 0 Å². The van der Waals surface area contributed by atoms with Gasteiger partial charge in [0.05, 0.1) is 11.8 Å². The van der Waals surface area contributed by atoms with E-state index in [1.165, 1.54) is 29.7 Å². The normalized spacial score (nSPS) is 17.5. The summed E-state index contributed by atoms with van der Waals surface area (Å²) in [4.78, 5) is 14.0. The number of aromatic amines is 1. The summed E-state index contributed by atoms with van der Waals surface area (Å²) in [7, 11) is 0. The molecule has 0 spiro atoms. The van der Waals surface area contributed by atoms with Crippen LogP contribution in [0, 0.1) is 6.92 Å². The van der Waals surface area contributed by atoms with E-state index in [0.717, 1.165) is 30.8 Å². The Balaban J connectivity index is 1.46. The Kier molecular flexibility index (Phi) is 5.26. The molecule has 3 aromatic rings. The molecule has 1 atom stereocenters. The molecule has 1 aliphatic heterocycles. The van der Waals surface area contributed by atoms with E-state index in [-0.39, 0.29) is 0 Å². The lowest BCUT2D eigenvalue weighted by Gasteiger charge is -2.32. The van der Waals surface area contributed by atoms with E-state index in [4.69, 9.17) is 0 Å². The van der Waals surface area contributed by atoms with Crippen molar-refractivity contribution in [1.82, 2.24) is 15.1 Å². The van der Waals surface area contributed by atoms with Crippen molar-refractivity contribution in [3.63, 3.8) is 0 Å². The van der Waals surface area contributed by atoms with Crippen LogP contribution in [0.2, 0.25) is 0 Å². The number of hydrogen-bond acceptors (Lipinski definition) is 3. The van der Waals surface area contributed by atoms with E-state index in [0.29, 0.717) is 11.5 Å². The maximum Gasteiger partial charge on any atom is 0.336 e. The van der Waals surface area contributed by atoms with E-state index in [1.807, 2.05) is 30.5 Å². The highest BCUT2D eigenvalue weighted by molar-refractivity contribution is 5.95. The number of benzene rings is 2. The second-order valence-electron chi connectivity index (χ2n) is 7.59. The second kappa shape index (κ2) is 7.98. The lowest BCUT2D eigenvalue weighted by atomic mass is 9.92. The van der Waals surface area contributed by atoms with Gasteiger partial charge in [0.25, 0.3) is 0 Å². The van der Waals surface area contributed by atoms with Crippen molar-refractivity contribution in [2.75, 3.05) is 13.1 Å². The summed E-state index contributed by atoms with van der Waals surface area (Å²) in [5.74, 6) is -0.383. The fourth-order valence-electron chi connectivity index (χ4n) is 4.17. The number of hydrogen-bond donors (Lipinski definition) is 2. The Morgan fingerprint density at radius 2 is 2.00 bits per heavy atom. The number of aromatic carboxylic acids is 1. The van der Waals surface area contributed by atoms with Gasteiger partial charge >= 0.3 is 5.97 Å². The molecule has 2 aromatic carbocycles. The van der Waals surface area contributed by atoms with Crippen LogP contribution in [0.5, 0.6) is 0 Å². The van der Waals surface area contributed by atoms with Crippen molar-refractivity contribution in [2.45, 2.75) is 32.2 Å². The minimum atomic E-state index is -0.895. The quantitative estimate of drug-likeness (QED) is 0.691. The first-order valence-electron chi connectivity index (χ1n) is 9.75. The molecule has 1 aliphatic rings. The van der Waals surface area contributed by atoms with Gasteiger partial charge in [-0.2, -0.15) is 5.10 Å². The average Bonchev–Trinajstić information content (AvgIpc) is 3.15. The van der Waals surface area contributed by atoms with Crippen LogP contribution < -0.4 is 0 Å². The molecular weight excluding hydrogens is 350 g/mol. The van der Waals surface area contributed by atoms with E-state index in [1.54, 1.807) is 12.1 Å². The zero-order valence-electron chi connectivity index (χ0n) is 16.1. The number of carboxylic acid groups (broad SMARTS) is 1. The van der Waals surface area contributed by atoms with Crippen LogP contribution in [0.1, 0.15) is 45.9 Å². The molecule has 1 saturated heterocycles. The molecule has 5 heteroatoms. The maximum absolute atomic E-state index is 11.5. The van der Waals surface area contributed by atoms with Gasteiger partial charge in [0.2, 0.25) is 0 Å². The highest BCUT2D eigenvalue weighted by atomic mass is 16.4. The van der Waals surface area contributed by atoms with Crippen LogP contribution in [-0.4, -0.2) is 39.3 Å². The van der Waals surface area contributed by atoms with Crippen LogP contribution in [0.4, 0.5) is 0 Å². The van der Waals surface area contributed by atoms with Gasteiger partial charge in [-0.25, -0.2) is 4.79 Å². The first-order valence-corrected chi connectivity index (χ1v) is 9.75. The number of piperidine rings is 1. The second-order valence-corrected chi connectivity index (χ2v) is 7.59. The highest BCUT2D eigenvalue weighted by Gasteiger charge is 2.23. The predicted molar refractivity (Wildman–Crippen MR) is 109 cm³/mol. The van der Waals surface area contributed by atoms with Gasteiger partial charge in [0.1, 0.15) is 0 Å². The van der Waals surface area contributed by atoms with Crippen LogP contribution >= 0.6 is 0 Å². The third kappa shape index (κ3) is 3.85. The maximum atomic E-state index is 11.5. The van der Waals surface area contributed by atoms with E-state index in [2.05, 4.69) is 34.2 Å². The monoisotopic (exact) mass is 375 g/mol. The third-order valence-electron chi connectivity index (χ3n) is 5.61. The van der Waals surface area contributed by atoms with Gasteiger partial charge < -0.3 is 5.11 Å². The lowest BCUT2D eigenvalue weighted by Crippen LogP contribution is -2.34. The molecule has 0 bridgehead atoms. The molecule has 28 heavy (non-hydrogen) atoms. The number of rotatable bonds is 5. The van der Waals surface area contributed by atoms with Crippen molar-refractivity contribution in [3.8, 4) is 11.1 Å². The fourth-order valence-corrected chi connectivity index (χ4v) is 4.17. The summed E-state index contributed by atoms with van der Waals surface area (Å²) in [6, 6.07) is 15.4. The zero-order valence-corrected chi connectivity index (χ0v) is 16.1. The fraction of sp³-hybridized carbons (Fsp3) is 0.304. The SMILES string of the molecule is Cc1cn[nH]c1C1CCCN(Cc2ccc(-c3ccccc3C(=O)O)cc2)C1. The average molecular weight is 375 g/mol. The van der Waals surface area contributed by atoms with Crippen molar-refractivity contribution in [2.24, 2.45) is 0 Å². The van der Waals surface area contributed by atoms with Gasteiger partial charge in [-0.1, -0.05) is 42.5 Å². The van der Waals surface area contributed by atoms with Crippen LogP contribution in [0.3, 0.4) is 0 Å². The summed E-state index contributed by atoms with van der Waals surface area (Å²) >= 11 is 0. The molecule has 0 saturated carbocycles. The number of nitrogens with one attached hydrogen (secondary N) is 1. The van der Waals surface area contributed by atoms with Crippen molar-refractivity contribution >= 4 is 5.97 Å². The van der Waals surface area contributed by atoms with Crippen LogP contribution in [-0.2, 0) is 6.54 Å². The van der Waals surface area contributed by atoms with E-state index in [9.17, 15) is 9.90 Å². The van der Waals surface area contributed by atoms with Crippen LogP contribution in [0.15, 0.2) is 54.7 Å². The summed E-state index contributed by atoms with van der Waals surface area (Å²) in [5.41, 5.74) is 5.79. The van der Waals surface area contributed by atoms with Crippen molar-refractivity contribution in [3.05, 3.63) is 77.1 Å². The summed E-state index contributed by atoms with van der Waals surface area (Å²) < 4.78 is 0. The Hall–Kier alpha value is -2.92. The molecule has 0 radical (unpaired) electrons. The van der Waals surface area contributed by atoms with Crippen LogP contribution in [0.25, 0.3) is 11.1 Å². The molecule has 1 aromatic heterocycles. The molecule has 0 amide bonds. The van der Waals surface area contributed by atoms with E-state index >= 15 is 0 Å². The Labute approximate surface area is 165 Å². The number of carbonyl (C=O) groups is 1. The Bertz CT molecular complexity index is 962. The van der Waals surface area contributed by atoms with E-state index < -0.39 is 5.97 Å². The lowest BCUT2D eigenvalue weighted by molar-refractivity contribution is 0.0697. The number of carboxylic acids is 1. The molecule has 5 nitrogen and oxygen atoms in total. The standard InChI is InChI=1S/C23H25N3O2/c1-16-13-24-25-22(16)19-5-4-12-26(15-19)14-17-8-10-18(11-9-17)20-6-2-3-7-21(20)23(27)28/h2-3,6-11,13,19H,4-5,12,14-15H2,1H3,(H,24,25)(H,27,28). The first kappa shape index (κ1) is 18.4. The number of H-pyrrole nitrogens is 1. The molecule has 0 aliphatic carbocycles. The number of nitrogens with zero attached hydrogens (tertiary/aromatic N) is 2. The zero-order chi connectivity index (χ0) is 19.5. The first-order chi connectivity index (χ1) is 13.6. The van der Waals surface area contributed by atoms with Gasteiger partial charge in [-0.3, -0.25) is 10.00 Å². The largest absolute Gasteiger partial charge is 0.478 e. The predicted octanol–water partition coefficient (Wildman–Crippen LogP) is 4.46. The molecule has 1 unspecified atom stereocenters. The van der Waals surface area contributed by atoms with Crippen molar-refractivity contribution in [1.29, 1.82) is 0 Å². The smallest absolute Gasteiger partial charge is 0.336 e. The van der Waals surface area contributed by atoms with Gasteiger partial charge in [-0.05, 0) is 54.6 Å². The molecule has 144 valence electrons. The minimum Gasteiger partial charge on any atom is -0.478 e. The molecule has 4 rings (SSSR count). The topological polar surface area (TPSA) is 69.2 Å². The summed E-state index contributed by atoms with van der Waals surface area (Å²) in [5, 5.41) is 16.8. The summed E-state index contributed by atoms with van der Waals surface area (Å²) in [6.07, 6.45) is 4.29. The van der Waals surface area contributed by atoms with Gasteiger partial charge in [-0.15, -0.1) is 0 Å². The van der Waals surface area contributed by atoms with Crippen molar-refractivity contribution < 1.29 is 9.90 Å². The number of aromatic nitrogens is 2. The molecule has 2 heterocycles. The number of aryl methyl sites for hydroxylation is 1. The number of likely N-dealkylation sites (tertiary alicyclic amines) is 1. The molecule has 2 N–H and O–H groups in total. The minimum absolute atomic E-state index is 0.337. The highest BCUT2D eigenvalue weighted by Crippen LogP contribution is 2.29. The molecular formula is C23H25N3O2. The van der Waals surface area contributed by atoms with Gasteiger partial charge in [0, 0.05) is 24.7 Å².